The van der Waals surface area contributed by atoms with Crippen LogP contribution in [0, 0.1) is 0 Å². The summed E-state index contributed by atoms with van der Waals surface area (Å²) in [6.07, 6.45) is 3.08. The molecule has 150 valence electrons. The molecule has 0 aliphatic carbocycles. The van der Waals surface area contributed by atoms with Crippen LogP contribution in [0.2, 0.25) is 0 Å². The third kappa shape index (κ3) is 5.33. The van der Waals surface area contributed by atoms with Crippen molar-refractivity contribution >= 4 is 21.6 Å². The smallest absolute Gasteiger partial charge is 0.251 e. The quantitative estimate of drug-likeness (QED) is 0.807. The molecule has 1 N–H and O–H groups in total. The van der Waals surface area contributed by atoms with Crippen molar-refractivity contribution in [3.8, 4) is 0 Å². The lowest BCUT2D eigenvalue weighted by molar-refractivity contribution is 0.0917. The molecule has 1 fully saturated rings. The Labute approximate surface area is 167 Å². The molecule has 28 heavy (non-hydrogen) atoms. The average Bonchev–Trinajstić information content (AvgIpc) is 2.68. The lowest BCUT2D eigenvalue weighted by Gasteiger charge is -2.29. The Hall–Kier alpha value is -2.38. The molecular formula is C21H27N3O3S. The van der Waals surface area contributed by atoms with E-state index in [1.807, 2.05) is 30.3 Å². The standard InChI is InChI=1S/C21H27N3O3S/c1-23-14-12-19(13-15-23)22-21(25)18-8-10-20(11-9-18)24(28(2,26)27)16-17-6-4-3-5-7-17/h3-11,19H,12-16H2,1-2H3,(H,22,25). The fraction of sp³-hybridized carbons (Fsp3) is 0.381. The maximum atomic E-state index is 12.5. The molecule has 0 radical (unpaired) electrons. The van der Waals surface area contributed by atoms with E-state index in [4.69, 9.17) is 0 Å². The first kappa shape index (κ1) is 20.4. The second kappa shape index (κ2) is 8.75. The van der Waals surface area contributed by atoms with Gasteiger partial charge in [0.25, 0.3) is 5.91 Å². The molecule has 0 unspecified atom stereocenters. The van der Waals surface area contributed by atoms with E-state index < -0.39 is 10.0 Å². The van der Waals surface area contributed by atoms with E-state index in [1.54, 1.807) is 24.3 Å². The number of sulfonamides is 1. The Morgan fingerprint density at radius 1 is 1.07 bits per heavy atom. The van der Waals surface area contributed by atoms with Gasteiger partial charge in [-0.25, -0.2) is 8.42 Å². The SMILES string of the molecule is CN1CCC(NC(=O)c2ccc(N(Cc3ccccc3)S(C)(=O)=O)cc2)CC1. The van der Waals surface area contributed by atoms with Gasteiger partial charge < -0.3 is 10.2 Å². The monoisotopic (exact) mass is 401 g/mol. The predicted molar refractivity (Wildman–Crippen MR) is 112 cm³/mol. The van der Waals surface area contributed by atoms with Crippen LogP contribution in [-0.4, -0.2) is 51.7 Å². The zero-order chi connectivity index (χ0) is 20.1. The molecule has 1 saturated heterocycles. The number of carbonyl (C=O) groups excluding carboxylic acids is 1. The molecule has 7 heteroatoms. The summed E-state index contributed by atoms with van der Waals surface area (Å²) in [6, 6.07) is 16.4. The number of rotatable bonds is 6. The zero-order valence-corrected chi connectivity index (χ0v) is 17.2. The van der Waals surface area contributed by atoms with Crippen molar-refractivity contribution in [1.82, 2.24) is 10.2 Å². The first-order valence-corrected chi connectivity index (χ1v) is 11.3. The Kier molecular flexibility index (Phi) is 6.36. The summed E-state index contributed by atoms with van der Waals surface area (Å²) in [5.41, 5.74) is 1.98. The van der Waals surface area contributed by atoms with Gasteiger partial charge in [0.1, 0.15) is 0 Å². The number of nitrogens with one attached hydrogen (secondary N) is 1. The van der Waals surface area contributed by atoms with Crippen molar-refractivity contribution in [2.24, 2.45) is 0 Å². The van der Waals surface area contributed by atoms with Gasteiger partial charge in [0.15, 0.2) is 0 Å². The van der Waals surface area contributed by atoms with Crippen LogP contribution in [0.25, 0.3) is 0 Å². The van der Waals surface area contributed by atoms with Crippen LogP contribution in [0.3, 0.4) is 0 Å². The van der Waals surface area contributed by atoms with Gasteiger partial charge in [-0.3, -0.25) is 9.10 Å². The molecule has 1 aliphatic heterocycles. The van der Waals surface area contributed by atoms with E-state index in [0.717, 1.165) is 31.5 Å². The molecule has 0 spiro atoms. The molecule has 0 atom stereocenters. The molecule has 1 heterocycles. The van der Waals surface area contributed by atoms with Gasteiger partial charge in [-0.2, -0.15) is 0 Å². The van der Waals surface area contributed by atoms with E-state index in [9.17, 15) is 13.2 Å². The van der Waals surface area contributed by atoms with Crippen LogP contribution in [0.1, 0.15) is 28.8 Å². The molecule has 2 aromatic rings. The summed E-state index contributed by atoms with van der Waals surface area (Å²) in [7, 11) is -1.37. The van der Waals surface area contributed by atoms with Crippen LogP contribution >= 0.6 is 0 Å². The molecule has 0 saturated carbocycles. The number of hydrogen-bond acceptors (Lipinski definition) is 4. The molecule has 0 aromatic heterocycles. The third-order valence-electron chi connectivity index (χ3n) is 5.04. The normalized spacial score (nSPS) is 15.9. The minimum atomic E-state index is -3.45. The zero-order valence-electron chi connectivity index (χ0n) is 16.3. The number of amides is 1. The predicted octanol–water partition coefficient (Wildman–Crippen LogP) is 2.48. The molecule has 6 nitrogen and oxygen atoms in total. The minimum Gasteiger partial charge on any atom is -0.349 e. The molecule has 0 bridgehead atoms. The van der Waals surface area contributed by atoms with Gasteiger partial charge in [-0.1, -0.05) is 30.3 Å². The van der Waals surface area contributed by atoms with Crippen LogP contribution in [0.15, 0.2) is 54.6 Å². The summed E-state index contributed by atoms with van der Waals surface area (Å²) >= 11 is 0. The first-order chi connectivity index (χ1) is 13.3. The Balaban J connectivity index is 1.71. The van der Waals surface area contributed by atoms with Crippen LogP contribution < -0.4 is 9.62 Å². The molecule has 1 aliphatic rings. The summed E-state index contributed by atoms with van der Waals surface area (Å²) in [6.45, 7) is 2.21. The lowest BCUT2D eigenvalue weighted by atomic mass is 10.0. The lowest BCUT2D eigenvalue weighted by Crippen LogP contribution is -2.43. The Morgan fingerprint density at radius 2 is 1.68 bits per heavy atom. The highest BCUT2D eigenvalue weighted by atomic mass is 32.2. The topological polar surface area (TPSA) is 69.7 Å². The van der Waals surface area contributed by atoms with E-state index >= 15 is 0 Å². The number of hydrogen-bond donors (Lipinski definition) is 1. The van der Waals surface area contributed by atoms with Gasteiger partial charge in [0, 0.05) is 11.6 Å². The second-order valence-electron chi connectivity index (χ2n) is 7.35. The van der Waals surface area contributed by atoms with E-state index in [1.165, 1.54) is 10.6 Å². The van der Waals surface area contributed by atoms with Crippen molar-refractivity contribution in [2.75, 3.05) is 30.7 Å². The van der Waals surface area contributed by atoms with Gasteiger partial charge in [0.2, 0.25) is 10.0 Å². The second-order valence-corrected chi connectivity index (χ2v) is 9.26. The number of anilines is 1. The number of carbonyl (C=O) groups is 1. The van der Waals surface area contributed by atoms with Crippen LogP contribution in [0.5, 0.6) is 0 Å². The number of likely N-dealkylation sites (tertiary alicyclic amines) is 1. The van der Waals surface area contributed by atoms with Crippen LogP contribution in [0.4, 0.5) is 5.69 Å². The number of benzene rings is 2. The van der Waals surface area contributed by atoms with Crippen LogP contribution in [-0.2, 0) is 16.6 Å². The summed E-state index contributed by atoms with van der Waals surface area (Å²) in [5.74, 6) is -0.116. The maximum Gasteiger partial charge on any atom is 0.251 e. The van der Waals surface area contributed by atoms with Gasteiger partial charge in [0.05, 0.1) is 18.5 Å². The van der Waals surface area contributed by atoms with Crippen molar-refractivity contribution in [3.05, 3.63) is 65.7 Å². The highest BCUT2D eigenvalue weighted by Gasteiger charge is 2.21. The number of piperidine rings is 1. The molecule has 3 rings (SSSR count). The van der Waals surface area contributed by atoms with Crippen molar-refractivity contribution in [3.63, 3.8) is 0 Å². The molecule has 2 aromatic carbocycles. The third-order valence-corrected chi connectivity index (χ3v) is 6.18. The fourth-order valence-electron chi connectivity index (χ4n) is 3.35. The molecular weight excluding hydrogens is 374 g/mol. The average molecular weight is 402 g/mol. The van der Waals surface area contributed by atoms with Gasteiger partial charge >= 0.3 is 0 Å². The van der Waals surface area contributed by atoms with Crippen molar-refractivity contribution < 1.29 is 13.2 Å². The van der Waals surface area contributed by atoms with Gasteiger partial charge in [-0.15, -0.1) is 0 Å². The van der Waals surface area contributed by atoms with E-state index in [-0.39, 0.29) is 18.5 Å². The highest BCUT2D eigenvalue weighted by Crippen LogP contribution is 2.21. The highest BCUT2D eigenvalue weighted by molar-refractivity contribution is 7.92. The van der Waals surface area contributed by atoms with E-state index in [2.05, 4.69) is 17.3 Å². The van der Waals surface area contributed by atoms with Crippen molar-refractivity contribution in [2.45, 2.75) is 25.4 Å². The van der Waals surface area contributed by atoms with Gasteiger partial charge in [-0.05, 0) is 62.8 Å². The Bertz CT molecular complexity index is 890. The minimum absolute atomic E-state index is 0.116. The number of nitrogens with zero attached hydrogens (tertiary/aromatic N) is 2. The summed E-state index contributed by atoms with van der Waals surface area (Å²) in [5, 5.41) is 3.08. The molecule has 1 amide bonds. The largest absolute Gasteiger partial charge is 0.349 e. The summed E-state index contributed by atoms with van der Waals surface area (Å²) < 4.78 is 25.9. The van der Waals surface area contributed by atoms with E-state index in [0.29, 0.717) is 11.3 Å². The summed E-state index contributed by atoms with van der Waals surface area (Å²) in [4.78, 5) is 14.8. The Morgan fingerprint density at radius 3 is 2.25 bits per heavy atom. The maximum absolute atomic E-state index is 12.5. The van der Waals surface area contributed by atoms with Crippen molar-refractivity contribution in [1.29, 1.82) is 0 Å². The fourth-order valence-corrected chi connectivity index (χ4v) is 4.24. The first-order valence-electron chi connectivity index (χ1n) is 9.44.